The van der Waals surface area contributed by atoms with E-state index >= 15 is 0 Å². The number of carbonyl (C=O) groups excluding carboxylic acids is 2. The maximum absolute atomic E-state index is 11.5. The Kier molecular flexibility index (Phi) is 4.51. The minimum atomic E-state index is -0.591. The summed E-state index contributed by atoms with van der Waals surface area (Å²) in [5.74, 6) is -1.18. The summed E-state index contributed by atoms with van der Waals surface area (Å²) in [7, 11) is 0. The van der Waals surface area contributed by atoms with Gasteiger partial charge >= 0.3 is 11.9 Å². The molecule has 0 N–H and O–H groups in total. The molecule has 0 saturated heterocycles. The van der Waals surface area contributed by atoms with Crippen LogP contribution in [0.25, 0.3) is 0 Å². The smallest absolute Gasteiger partial charge is 0.339 e. The average Bonchev–Trinajstić information content (AvgIpc) is 2.30. The van der Waals surface area contributed by atoms with Gasteiger partial charge in [-0.2, -0.15) is 0 Å². The lowest BCUT2D eigenvalue weighted by Crippen LogP contribution is -2.13. The number of ether oxygens (including phenoxy) is 2. The molecule has 2 radical (unpaired) electrons. The highest BCUT2D eigenvalue weighted by molar-refractivity contribution is 6.03. The summed E-state index contributed by atoms with van der Waals surface area (Å²) in [6.07, 6.45) is 0. The van der Waals surface area contributed by atoms with Gasteiger partial charge in [-0.3, -0.25) is 0 Å². The molecule has 0 aliphatic heterocycles. The number of rotatable bonds is 4. The molecule has 0 spiro atoms. The van der Waals surface area contributed by atoms with Crippen LogP contribution in [0.4, 0.5) is 0 Å². The molecular weight excluding hydrogens is 208 g/mol. The average molecular weight is 220 g/mol. The lowest BCUT2D eigenvalue weighted by molar-refractivity contribution is 0.0500. The molecule has 4 heteroatoms. The number of carbonyl (C=O) groups is 2. The number of benzene rings is 1. The molecule has 84 valence electrons. The van der Waals surface area contributed by atoms with Crippen molar-refractivity contribution < 1.29 is 19.1 Å². The second-order valence-corrected chi connectivity index (χ2v) is 2.82. The normalized spacial score (nSPS) is 9.62. The SMILES string of the molecule is [CH2]COC(=O)c1ccccc1C(=O)OC[CH2]. The summed E-state index contributed by atoms with van der Waals surface area (Å²) in [5.41, 5.74) is 0.342. The van der Waals surface area contributed by atoms with Gasteiger partial charge in [0.05, 0.1) is 24.3 Å². The zero-order valence-electron chi connectivity index (χ0n) is 8.77. The van der Waals surface area contributed by atoms with Gasteiger partial charge in [0.15, 0.2) is 0 Å². The summed E-state index contributed by atoms with van der Waals surface area (Å²) in [5, 5.41) is 0. The first-order valence-electron chi connectivity index (χ1n) is 4.72. The van der Waals surface area contributed by atoms with Crippen LogP contribution in [-0.2, 0) is 9.47 Å². The van der Waals surface area contributed by atoms with Crippen molar-refractivity contribution in [3.8, 4) is 0 Å². The Labute approximate surface area is 94.2 Å². The summed E-state index contributed by atoms with van der Waals surface area (Å²) in [6, 6.07) is 6.27. The summed E-state index contributed by atoms with van der Waals surface area (Å²) >= 11 is 0. The highest BCUT2D eigenvalue weighted by Crippen LogP contribution is 2.11. The first-order chi connectivity index (χ1) is 7.70. The van der Waals surface area contributed by atoms with E-state index in [9.17, 15) is 9.59 Å². The fourth-order valence-electron chi connectivity index (χ4n) is 1.18. The molecule has 0 bridgehead atoms. The van der Waals surface area contributed by atoms with Gasteiger partial charge in [-0.05, 0) is 26.0 Å². The van der Waals surface area contributed by atoms with Crippen LogP contribution < -0.4 is 0 Å². The topological polar surface area (TPSA) is 52.6 Å². The first-order valence-corrected chi connectivity index (χ1v) is 4.72. The van der Waals surface area contributed by atoms with Crippen molar-refractivity contribution in [2.24, 2.45) is 0 Å². The summed E-state index contributed by atoms with van der Waals surface area (Å²) in [4.78, 5) is 23.0. The van der Waals surface area contributed by atoms with Crippen LogP contribution in [0.2, 0.25) is 0 Å². The van der Waals surface area contributed by atoms with Crippen molar-refractivity contribution in [1.29, 1.82) is 0 Å². The monoisotopic (exact) mass is 220 g/mol. The van der Waals surface area contributed by atoms with E-state index in [0.29, 0.717) is 0 Å². The Hall–Kier alpha value is -1.84. The summed E-state index contributed by atoms with van der Waals surface area (Å²) in [6.45, 7) is 6.81. The minimum Gasteiger partial charge on any atom is -0.462 e. The van der Waals surface area contributed by atoms with Gasteiger partial charge in [-0.1, -0.05) is 12.1 Å². The molecule has 0 aliphatic rings. The number of hydrogen-bond donors (Lipinski definition) is 0. The van der Waals surface area contributed by atoms with Gasteiger partial charge in [-0.15, -0.1) is 0 Å². The van der Waals surface area contributed by atoms with Crippen LogP contribution >= 0.6 is 0 Å². The summed E-state index contributed by atoms with van der Waals surface area (Å²) < 4.78 is 9.45. The van der Waals surface area contributed by atoms with Crippen LogP contribution in [-0.4, -0.2) is 25.2 Å². The Morgan fingerprint density at radius 1 is 0.938 bits per heavy atom. The van der Waals surface area contributed by atoms with Crippen LogP contribution in [0.15, 0.2) is 24.3 Å². The van der Waals surface area contributed by atoms with Crippen molar-refractivity contribution >= 4 is 11.9 Å². The highest BCUT2D eigenvalue weighted by Gasteiger charge is 2.17. The van der Waals surface area contributed by atoms with E-state index in [1.54, 1.807) is 12.1 Å². The van der Waals surface area contributed by atoms with Crippen molar-refractivity contribution in [2.75, 3.05) is 13.2 Å². The zero-order valence-corrected chi connectivity index (χ0v) is 8.77. The Morgan fingerprint density at radius 3 is 1.62 bits per heavy atom. The quantitative estimate of drug-likeness (QED) is 0.724. The van der Waals surface area contributed by atoms with Gasteiger partial charge in [-0.25, -0.2) is 9.59 Å². The lowest BCUT2D eigenvalue weighted by Gasteiger charge is -2.07. The fourth-order valence-corrected chi connectivity index (χ4v) is 1.18. The van der Waals surface area contributed by atoms with Crippen LogP contribution in [0.3, 0.4) is 0 Å². The van der Waals surface area contributed by atoms with Crippen molar-refractivity contribution in [2.45, 2.75) is 0 Å². The predicted molar refractivity (Wildman–Crippen MR) is 57.7 cm³/mol. The van der Waals surface area contributed by atoms with Crippen molar-refractivity contribution in [3.05, 3.63) is 49.2 Å². The minimum absolute atomic E-state index is 0.0115. The van der Waals surface area contributed by atoms with E-state index in [2.05, 4.69) is 13.8 Å². The van der Waals surface area contributed by atoms with E-state index in [1.165, 1.54) is 12.1 Å². The van der Waals surface area contributed by atoms with E-state index < -0.39 is 11.9 Å². The number of hydrogen-bond acceptors (Lipinski definition) is 4. The lowest BCUT2D eigenvalue weighted by atomic mass is 10.1. The maximum Gasteiger partial charge on any atom is 0.339 e. The van der Waals surface area contributed by atoms with E-state index in [-0.39, 0.29) is 24.3 Å². The molecule has 0 unspecified atom stereocenters. The van der Waals surface area contributed by atoms with E-state index in [4.69, 9.17) is 9.47 Å². The molecule has 16 heavy (non-hydrogen) atoms. The molecule has 0 atom stereocenters. The molecule has 0 fully saturated rings. The molecule has 0 amide bonds. The Balaban J connectivity index is 3.00. The van der Waals surface area contributed by atoms with E-state index in [1.807, 2.05) is 0 Å². The molecule has 0 heterocycles. The zero-order chi connectivity index (χ0) is 12.0. The van der Waals surface area contributed by atoms with Gasteiger partial charge in [0.2, 0.25) is 0 Å². The van der Waals surface area contributed by atoms with Gasteiger partial charge in [0.1, 0.15) is 0 Å². The fraction of sp³-hybridized carbons (Fsp3) is 0.167. The molecule has 4 nitrogen and oxygen atoms in total. The molecular formula is C12H12O4. The van der Waals surface area contributed by atoms with Crippen molar-refractivity contribution in [3.63, 3.8) is 0 Å². The van der Waals surface area contributed by atoms with Crippen LogP contribution in [0.1, 0.15) is 20.7 Å². The van der Waals surface area contributed by atoms with Crippen molar-refractivity contribution in [1.82, 2.24) is 0 Å². The van der Waals surface area contributed by atoms with Gasteiger partial charge in [0.25, 0.3) is 0 Å². The Bertz CT molecular complexity index is 347. The van der Waals surface area contributed by atoms with Crippen LogP contribution in [0.5, 0.6) is 0 Å². The third-order valence-corrected chi connectivity index (χ3v) is 1.83. The van der Waals surface area contributed by atoms with Gasteiger partial charge < -0.3 is 9.47 Å². The third kappa shape index (κ3) is 2.82. The highest BCUT2D eigenvalue weighted by atomic mass is 16.5. The molecule has 1 aromatic rings. The third-order valence-electron chi connectivity index (χ3n) is 1.83. The molecule has 1 aromatic carbocycles. The molecule has 0 aliphatic carbocycles. The molecule has 0 aromatic heterocycles. The van der Waals surface area contributed by atoms with E-state index in [0.717, 1.165) is 0 Å². The molecule has 1 rings (SSSR count). The second-order valence-electron chi connectivity index (χ2n) is 2.82. The first kappa shape index (κ1) is 12.2. The molecule has 0 saturated carbocycles. The standard InChI is InChI=1S/C12H12O4/c1-3-15-11(13)9-7-5-6-8-10(9)12(14)16-4-2/h5-8H,1-4H2. The maximum atomic E-state index is 11.5. The van der Waals surface area contributed by atoms with Gasteiger partial charge in [0, 0.05) is 0 Å². The number of esters is 2. The Morgan fingerprint density at radius 2 is 1.31 bits per heavy atom. The predicted octanol–water partition coefficient (Wildman–Crippen LogP) is 1.67. The van der Waals surface area contributed by atoms with Crippen LogP contribution in [0, 0.1) is 13.8 Å². The second kappa shape index (κ2) is 5.90. The largest absolute Gasteiger partial charge is 0.462 e.